The van der Waals surface area contributed by atoms with Gasteiger partial charge in [0.2, 0.25) is 5.91 Å². The summed E-state index contributed by atoms with van der Waals surface area (Å²) in [5, 5.41) is 6.28. The first kappa shape index (κ1) is 14.2. The van der Waals surface area contributed by atoms with E-state index in [0.717, 1.165) is 31.9 Å². The number of amides is 1. The van der Waals surface area contributed by atoms with E-state index < -0.39 is 0 Å². The van der Waals surface area contributed by atoms with E-state index in [2.05, 4.69) is 20.5 Å². The molecule has 1 aliphatic carbocycles. The lowest BCUT2D eigenvalue weighted by Crippen LogP contribution is -2.46. The number of likely N-dealkylation sites (tertiary alicyclic amines) is 1. The smallest absolute Gasteiger partial charge is 0.239 e. The molecule has 1 saturated heterocycles. The van der Waals surface area contributed by atoms with Crippen molar-refractivity contribution in [1.29, 1.82) is 0 Å². The third-order valence-corrected chi connectivity index (χ3v) is 3.99. The summed E-state index contributed by atoms with van der Waals surface area (Å²) in [6.45, 7) is 2.42. The van der Waals surface area contributed by atoms with Crippen LogP contribution in [0.15, 0.2) is 4.99 Å². The van der Waals surface area contributed by atoms with Crippen LogP contribution in [0.5, 0.6) is 0 Å². The Kier molecular flexibility index (Phi) is 5.48. The van der Waals surface area contributed by atoms with Crippen LogP contribution in [0.1, 0.15) is 44.9 Å². The van der Waals surface area contributed by atoms with Crippen LogP contribution in [0, 0.1) is 0 Å². The summed E-state index contributed by atoms with van der Waals surface area (Å²) >= 11 is 0. The van der Waals surface area contributed by atoms with E-state index in [1.54, 1.807) is 7.05 Å². The van der Waals surface area contributed by atoms with Gasteiger partial charge in [0.05, 0.1) is 6.54 Å². The molecule has 1 saturated carbocycles. The number of rotatable bonds is 3. The molecule has 19 heavy (non-hydrogen) atoms. The lowest BCUT2D eigenvalue weighted by Gasteiger charge is -2.24. The predicted octanol–water partition coefficient (Wildman–Crippen LogP) is 1.11. The fourth-order valence-corrected chi connectivity index (χ4v) is 2.95. The van der Waals surface area contributed by atoms with Crippen LogP contribution in [0.25, 0.3) is 0 Å². The molecule has 2 rings (SSSR count). The molecule has 108 valence electrons. The summed E-state index contributed by atoms with van der Waals surface area (Å²) < 4.78 is 0. The zero-order valence-electron chi connectivity index (χ0n) is 12.0. The molecule has 2 aliphatic rings. The Labute approximate surface area is 115 Å². The highest BCUT2D eigenvalue weighted by Gasteiger charge is 2.18. The summed E-state index contributed by atoms with van der Waals surface area (Å²) in [4.78, 5) is 18.4. The van der Waals surface area contributed by atoms with Crippen LogP contribution >= 0.6 is 0 Å². The molecule has 0 aromatic heterocycles. The Morgan fingerprint density at radius 2 is 1.84 bits per heavy atom. The highest BCUT2D eigenvalue weighted by atomic mass is 16.2. The average molecular weight is 266 g/mol. The van der Waals surface area contributed by atoms with Crippen molar-refractivity contribution in [3.63, 3.8) is 0 Å². The van der Waals surface area contributed by atoms with Gasteiger partial charge in [0.15, 0.2) is 5.96 Å². The van der Waals surface area contributed by atoms with Gasteiger partial charge in [-0.15, -0.1) is 0 Å². The number of carbonyl (C=O) groups is 1. The Morgan fingerprint density at radius 3 is 2.47 bits per heavy atom. The third-order valence-electron chi connectivity index (χ3n) is 3.99. The van der Waals surface area contributed by atoms with Crippen molar-refractivity contribution in [2.75, 3.05) is 26.7 Å². The highest BCUT2D eigenvalue weighted by Crippen LogP contribution is 2.17. The van der Waals surface area contributed by atoms with Crippen LogP contribution in [0.3, 0.4) is 0 Å². The molecule has 5 heteroatoms. The van der Waals surface area contributed by atoms with Gasteiger partial charge in [-0.05, 0) is 25.7 Å². The first-order valence-electron chi connectivity index (χ1n) is 7.54. The molecule has 0 atom stereocenters. The standard InChI is InChI=1S/C14H26N4O/c1-15-14(18-9-5-6-10-18)16-11-13(19)17-12-7-3-2-4-8-12/h12H,2-11H2,1H3,(H,15,16)(H,17,19). The van der Waals surface area contributed by atoms with E-state index in [9.17, 15) is 4.79 Å². The van der Waals surface area contributed by atoms with Crippen molar-refractivity contribution in [2.24, 2.45) is 4.99 Å². The number of nitrogens with one attached hydrogen (secondary N) is 2. The molecule has 1 heterocycles. The molecule has 1 aliphatic heterocycles. The van der Waals surface area contributed by atoms with Crippen LogP contribution in [-0.4, -0.2) is 49.5 Å². The Balaban J connectivity index is 1.69. The summed E-state index contributed by atoms with van der Waals surface area (Å²) in [6, 6.07) is 0.386. The van der Waals surface area contributed by atoms with Gasteiger partial charge in [0.1, 0.15) is 0 Å². The van der Waals surface area contributed by atoms with Gasteiger partial charge in [-0.2, -0.15) is 0 Å². The predicted molar refractivity (Wildman–Crippen MR) is 77.2 cm³/mol. The van der Waals surface area contributed by atoms with Crippen LogP contribution < -0.4 is 10.6 Å². The van der Waals surface area contributed by atoms with Crippen LogP contribution in [0.2, 0.25) is 0 Å². The second kappa shape index (κ2) is 7.36. The Bertz CT molecular complexity index is 317. The largest absolute Gasteiger partial charge is 0.352 e. The summed E-state index contributed by atoms with van der Waals surface area (Å²) in [5.74, 6) is 0.948. The first-order chi connectivity index (χ1) is 9.29. The minimum atomic E-state index is 0.0900. The average Bonchev–Trinajstić information content (AvgIpc) is 2.95. The van der Waals surface area contributed by atoms with Crippen molar-refractivity contribution in [3.05, 3.63) is 0 Å². The van der Waals surface area contributed by atoms with Gasteiger partial charge in [-0.25, -0.2) is 0 Å². The molecule has 2 fully saturated rings. The van der Waals surface area contributed by atoms with Crippen LogP contribution in [0.4, 0.5) is 0 Å². The highest BCUT2D eigenvalue weighted by molar-refractivity contribution is 5.86. The molecule has 0 unspecified atom stereocenters. The van der Waals surface area contributed by atoms with Gasteiger partial charge >= 0.3 is 0 Å². The molecule has 0 radical (unpaired) electrons. The molecule has 5 nitrogen and oxygen atoms in total. The second-order valence-electron chi connectivity index (χ2n) is 5.50. The number of aliphatic imine (C=N–C) groups is 1. The van der Waals surface area contributed by atoms with E-state index in [-0.39, 0.29) is 5.91 Å². The minimum absolute atomic E-state index is 0.0900. The Morgan fingerprint density at radius 1 is 1.16 bits per heavy atom. The lowest BCUT2D eigenvalue weighted by molar-refractivity contribution is -0.120. The van der Waals surface area contributed by atoms with Gasteiger partial charge < -0.3 is 15.5 Å². The summed E-state index contributed by atoms with van der Waals surface area (Å²) in [5.41, 5.74) is 0. The second-order valence-corrected chi connectivity index (χ2v) is 5.50. The van der Waals surface area contributed by atoms with E-state index in [1.807, 2.05) is 0 Å². The van der Waals surface area contributed by atoms with Crippen LogP contribution in [-0.2, 0) is 4.79 Å². The molecule has 0 bridgehead atoms. The third kappa shape index (κ3) is 4.40. The normalized spacial score (nSPS) is 21.5. The number of hydrogen-bond acceptors (Lipinski definition) is 2. The fourth-order valence-electron chi connectivity index (χ4n) is 2.95. The zero-order chi connectivity index (χ0) is 13.5. The fraction of sp³-hybridized carbons (Fsp3) is 0.857. The van der Waals surface area contributed by atoms with Crippen molar-refractivity contribution in [3.8, 4) is 0 Å². The van der Waals surface area contributed by atoms with Gasteiger partial charge in [0.25, 0.3) is 0 Å². The molecule has 0 spiro atoms. The number of nitrogens with zero attached hydrogens (tertiary/aromatic N) is 2. The summed E-state index contributed by atoms with van der Waals surface area (Å²) in [7, 11) is 1.78. The van der Waals surface area contributed by atoms with Gasteiger partial charge in [-0.3, -0.25) is 9.79 Å². The van der Waals surface area contributed by atoms with E-state index >= 15 is 0 Å². The van der Waals surface area contributed by atoms with Gasteiger partial charge in [0, 0.05) is 26.2 Å². The molecule has 0 aromatic rings. The molecular formula is C14H26N4O. The van der Waals surface area contributed by atoms with Crippen molar-refractivity contribution < 1.29 is 4.79 Å². The number of carbonyl (C=O) groups excluding carboxylic acids is 1. The summed E-state index contributed by atoms with van der Waals surface area (Å²) in [6.07, 6.45) is 8.50. The quantitative estimate of drug-likeness (QED) is 0.594. The molecular weight excluding hydrogens is 240 g/mol. The maximum absolute atomic E-state index is 11.9. The van der Waals surface area contributed by atoms with Gasteiger partial charge in [-0.1, -0.05) is 19.3 Å². The molecule has 0 aromatic carbocycles. The van der Waals surface area contributed by atoms with Crippen molar-refractivity contribution >= 4 is 11.9 Å². The maximum Gasteiger partial charge on any atom is 0.239 e. The molecule has 2 N–H and O–H groups in total. The van der Waals surface area contributed by atoms with Crippen molar-refractivity contribution in [1.82, 2.24) is 15.5 Å². The topological polar surface area (TPSA) is 56.7 Å². The molecule has 1 amide bonds. The minimum Gasteiger partial charge on any atom is -0.352 e. The SMILES string of the molecule is CN=C(NCC(=O)NC1CCCCC1)N1CCCC1. The van der Waals surface area contributed by atoms with E-state index in [1.165, 1.54) is 32.1 Å². The number of guanidine groups is 1. The number of hydrogen-bond donors (Lipinski definition) is 2. The van der Waals surface area contributed by atoms with Crippen molar-refractivity contribution in [2.45, 2.75) is 51.0 Å². The maximum atomic E-state index is 11.9. The first-order valence-corrected chi connectivity index (χ1v) is 7.54. The Hall–Kier alpha value is -1.26. The zero-order valence-corrected chi connectivity index (χ0v) is 12.0. The lowest BCUT2D eigenvalue weighted by atomic mass is 9.95. The van der Waals surface area contributed by atoms with E-state index in [4.69, 9.17) is 0 Å². The van der Waals surface area contributed by atoms with E-state index in [0.29, 0.717) is 12.6 Å². The monoisotopic (exact) mass is 266 g/mol.